The van der Waals surface area contributed by atoms with Crippen molar-refractivity contribution in [1.82, 2.24) is 15.1 Å². The van der Waals surface area contributed by atoms with Crippen molar-refractivity contribution in [3.05, 3.63) is 53.8 Å². The number of carbonyl (C=O) groups excluding carboxylic acids is 3. The minimum absolute atomic E-state index is 0.0651. The molecule has 2 aromatic rings. The van der Waals surface area contributed by atoms with Crippen LogP contribution in [0.4, 0.5) is 25.4 Å². The lowest BCUT2D eigenvalue weighted by Gasteiger charge is -2.38. The van der Waals surface area contributed by atoms with Gasteiger partial charge in [0.2, 0.25) is 0 Å². The number of ether oxygens (including phenoxy) is 1. The summed E-state index contributed by atoms with van der Waals surface area (Å²) in [4.78, 5) is 41.5. The van der Waals surface area contributed by atoms with Gasteiger partial charge in [-0.2, -0.15) is 0 Å². The van der Waals surface area contributed by atoms with E-state index in [1.54, 1.807) is 37.1 Å². The Bertz CT molecular complexity index is 1140. The molecule has 4 N–H and O–H groups in total. The maximum atomic E-state index is 13.5. The molecule has 0 radical (unpaired) electrons. The summed E-state index contributed by atoms with van der Waals surface area (Å²) in [7, 11) is 1.62. The maximum Gasteiger partial charge on any atom is 0.321 e. The van der Waals surface area contributed by atoms with Gasteiger partial charge < -0.3 is 35.6 Å². The van der Waals surface area contributed by atoms with E-state index in [9.17, 15) is 23.9 Å². The predicted molar refractivity (Wildman–Crippen MR) is 143 cm³/mol. The van der Waals surface area contributed by atoms with E-state index in [2.05, 4.69) is 16.0 Å². The molecule has 3 atom stereocenters. The van der Waals surface area contributed by atoms with Crippen LogP contribution in [0.15, 0.2) is 42.5 Å². The van der Waals surface area contributed by atoms with E-state index in [0.29, 0.717) is 17.1 Å². The fraction of sp³-hybridized carbons (Fsp3) is 0.444. The van der Waals surface area contributed by atoms with E-state index in [4.69, 9.17) is 4.74 Å². The summed E-state index contributed by atoms with van der Waals surface area (Å²) in [6, 6.07) is 8.93. The summed E-state index contributed by atoms with van der Waals surface area (Å²) in [5.74, 6) is -0.621. The lowest BCUT2D eigenvalue weighted by atomic mass is 9.99. The molecule has 5 amide bonds. The molecule has 0 spiro atoms. The van der Waals surface area contributed by atoms with Crippen LogP contribution in [0.1, 0.15) is 38.1 Å². The molecule has 1 heterocycles. The molecule has 11 heteroatoms. The standard InChI is InChI=1S/C27H36FN5O5/c1-16(2)29-26(36)30-21-10-11-23-22(12-21)25(35)33(18(4)15-34)13-17(3)24(38-23)14-32(5)27(37)31-20-8-6-19(28)7-9-20/h6-12,16-18,24,34H,13-15H2,1-5H3,(H,31,37)(H2,29,30,36)/t17-,18+,24+/m0/s1. The Morgan fingerprint density at radius 2 is 1.79 bits per heavy atom. The van der Waals surface area contributed by atoms with Gasteiger partial charge in [-0.15, -0.1) is 0 Å². The predicted octanol–water partition coefficient (Wildman–Crippen LogP) is 3.74. The Kier molecular flexibility index (Phi) is 9.51. The fourth-order valence-electron chi connectivity index (χ4n) is 4.05. The van der Waals surface area contributed by atoms with Gasteiger partial charge in [-0.3, -0.25) is 4.79 Å². The minimum Gasteiger partial charge on any atom is -0.487 e. The Morgan fingerprint density at radius 3 is 2.42 bits per heavy atom. The van der Waals surface area contributed by atoms with Crippen LogP contribution >= 0.6 is 0 Å². The summed E-state index contributed by atoms with van der Waals surface area (Å²) in [6.07, 6.45) is -0.498. The Balaban J connectivity index is 1.85. The molecular formula is C27H36FN5O5. The van der Waals surface area contributed by atoms with Gasteiger partial charge in [0.15, 0.2) is 0 Å². The molecule has 38 heavy (non-hydrogen) atoms. The van der Waals surface area contributed by atoms with Gasteiger partial charge in [-0.05, 0) is 63.2 Å². The third-order valence-corrected chi connectivity index (χ3v) is 6.24. The maximum absolute atomic E-state index is 13.5. The van der Waals surface area contributed by atoms with Crippen LogP contribution < -0.4 is 20.7 Å². The molecule has 0 saturated carbocycles. The second kappa shape index (κ2) is 12.6. The monoisotopic (exact) mass is 529 g/mol. The number of halogens is 1. The summed E-state index contributed by atoms with van der Waals surface area (Å²) in [5, 5.41) is 18.0. The van der Waals surface area contributed by atoms with E-state index in [0.717, 1.165) is 0 Å². The molecule has 0 fully saturated rings. The molecule has 3 rings (SSSR count). The molecule has 206 valence electrons. The van der Waals surface area contributed by atoms with Crippen LogP contribution in [0.25, 0.3) is 0 Å². The molecule has 0 saturated heterocycles. The van der Waals surface area contributed by atoms with Gasteiger partial charge in [0.05, 0.1) is 24.8 Å². The fourth-order valence-corrected chi connectivity index (χ4v) is 4.05. The summed E-state index contributed by atoms with van der Waals surface area (Å²) in [5.41, 5.74) is 1.11. The zero-order valence-electron chi connectivity index (χ0n) is 22.3. The molecule has 0 unspecified atom stereocenters. The second-order valence-corrected chi connectivity index (χ2v) is 9.90. The Labute approximate surface area is 222 Å². The van der Waals surface area contributed by atoms with E-state index >= 15 is 0 Å². The number of aliphatic hydroxyl groups is 1. The average molecular weight is 530 g/mol. The Morgan fingerprint density at radius 1 is 1.13 bits per heavy atom. The highest BCUT2D eigenvalue weighted by Gasteiger charge is 2.34. The van der Waals surface area contributed by atoms with Crippen molar-refractivity contribution in [1.29, 1.82) is 0 Å². The highest BCUT2D eigenvalue weighted by molar-refractivity contribution is 5.99. The van der Waals surface area contributed by atoms with Crippen molar-refractivity contribution in [2.24, 2.45) is 5.92 Å². The summed E-state index contributed by atoms with van der Waals surface area (Å²) >= 11 is 0. The molecule has 0 bridgehead atoms. The van der Waals surface area contributed by atoms with Gasteiger partial charge in [0, 0.05) is 36.9 Å². The number of hydrogen-bond donors (Lipinski definition) is 4. The van der Waals surface area contributed by atoms with Crippen molar-refractivity contribution < 1.29 is 28.6 Å². The van der Waals surface area contributed by atoms with Crippen LogP contribution in [-0.4, -0.2) is 77.8 Å². The first kappa shape index (κ1) is 28.7. The minimum atomic E-state index is -0.498. The third-order valence-electron chi connectivity index (χ3n) is 6.24. The number of urea groups is 2. The molecule has 0 aliphatic carbocycles. The summed E-state index contributed by atoms with van der Waals surface area (Å²) in [6.45, 7) is 7.59. The SMILES string of the molecule is CC(C)NC(=O)Nc1ccc2c(c1)C(=O)N([C@H](C)CO)C[C@H](C)[C@@H](CN(C)C(=O)Nc1ccc(F)cc1)O2. The molecular weight excluding hydrogens is 493 g/mol. The molecule has 2 aromatic carbocycles. The number of benzene rings is 2. The first-order valence-electron chi connectivity index (χ1n) is 12.6. The van der Waals surface area contributed by atoms with Crippen LogP contribution in [0, 0.1) is 11.7 Å². The highest BCUT2D eigenvalue weighted by Crippen LogP contribution is 2.30. The van der Waals surface area contributed by atoms with Crippen molar-refractivity contribution in [3.63, 3.8) is 0 Å². The average Bonchev–Trinajstić information content (AvgIpc) is 2.86. The molecule has 1 aliphatic heterocycles. The lowest BCUT2D eigenvalue weighted by Crippen LogP contribution is -2.50. The van der Waals surface area contributed by atoms with Gasteiger partial charge >= 0.3 is 12.1 Å². The number of carbonyl (C=O) groups is 3. The van der Waals surface area contributed by atoms with E-state index < -0.39 is 30.0 Å². The Hall–Kier alpha value is -3.86. The summed E-state index contributed by atoms with van der Waals surface area (Å²) < 4.78 is 19.5. The number of anilines is 2. The number of nitrogens with one attached hydrogen (secondary N) is 3. The smallest absolute Gasteiger partial charge is 0.321 e. The van der Waals surface area contributed by atoms with Crippen LogP contribution in [0.5, 0.6) is 5.75 Å². The molecule has 10 nitrogen and oxygen atoms in total. The van der Waals surface area contributed by atoms with E-state index in [1.807, 2.05) is 20.8 Å². The topological polar surface area (TPSA) is 123 Å². The quantitative estimate of drug-likeness (QED) is 0.435. The lowest BCUT2D eigenvalue weighted by molar-refractivity contribution is 0.0371. The zero-order chi connectivity index (χ0) is 28.0. The normalized spacial score (nSPS) is 18.0. The van der Waals surface area contributed by atoms with Gasteiger partial charge in [-0.1, -0.05) is 6.92 Å². The number of amides is 5. The zero-order valence-corrected chi connectivity index (χ0v) is 22.3. The van der Waals surface area contributed by atoms with E-state index in [-0.39, 0.29) is 43.1 Å². The first-order valence-corrected chi connectivity index (χ1v) is 12.6. The number of likely N-dealkylation sites (N-methyl/N-ethyl adjacent to an activating group) is 1. The van der Waals surface area contributed by atoms with Crippen LogP contribution in [0.3, 0.4) is 0 Å². The number of nitrogens with zero attached hydrogens (tertiary/aromatic N) is 2. The second-order valence-electron chi connectivity index (χ2n) is 9.90. The number of hydrogen-bond acceptors (Lipinski definition) is 5. The van der Waals surface area contributed by atoms with Crippen molar-refractivity contribution in [3.8, 4) is 5.75 Å². The van der Waals surface area contributed by atoms with Crippen LogP contribution in [-0.2, 0) is 0 Å². The van der Waals surface area contributed by atoms with E-state index in [1.165, 1.54) is 29.2 Å². The first-order chi connectivity index (χ1) is 18.0. The highest BCUT2D eigenvalue weighted by atomic mass is 19.1. The number of fused-ring (bicyclic) bond motifs is 1. The molecule has 0 aromatic heterocycles. The molecule has 1 aliphatic rings. The van der Waals surface area contributed by atoms with Gasteiger partial charge in [0.1, 0.15) is 17.7 Å². The van der Waals surface area contributed by atoms with Gasteiger partial charge in [-0.25, -0.2) is 14.0 Å². The third kappa shape index (κ3) is 7.34. The van der Waals surface area contributed by atoms with Crippen molar-refractivity contribution in [2.75, 3.05) is 37.4 Å². The van der Waals surface area contributed by atoms with Crippen molar-refractivity contribution in [2.45, 2.75) is 45.9 Å². The largest absolute Gasteiger partial charge is 0.487 e. The number of rotatable bonds is 7. The van der Waals surface area contributed by atoms with Crippen molar-refractivity contribution >= 4 is 29.3 Å². The van der Waals surface area contributed by atoms with Crippen LogP contribution in [0.2, 0.25) is 0 Å². The number of aliphatic hydroxyl groups excluding tert-OH is 1. The van der Waals surface area contributed by atoms with Gasteiger partial charge in [0.25, 0.3) is 5.91 Å².